The largest absolute Gasteiger partial charge is 0.493 e. The minimum absolute atomic E-state index is 0.0484. The van der Waals surface area contributed by atoms with Gasteiger partial charge >= 0.3 is 0 Å². The van der Waals surface area contributed by atoms with Crippen molar-refractivity contribution in [2.45, 2.75) is 4.90 Å². The Kier molecular flexibility index (Phi) is 5.05. The monoisotopic (exact) mass is 421 g/mol. The van der Waals surface area contributed by atoms with Crippen LogP contribution in [0.5, 0.6) is 11.5 Å². The number of ether oxygens (including phenoxy) is 2. The lowest BCUT2D eigenvalue weighted by Gasteiger charge is -2.11. The predicted octanol–water partition coefficient (Wildman–Crippen LogP) is 4.38. The average Bonchev–Trinajstić information content (AvgIpc) is 3.14. The molecule has 0 bridgehead atoms. The molecule has 6 nitrogen and oxygen atoms in total. The van der Waals surface area contributed by atoms with Gasteiger partial charge in [-0.05, 0) is 35.9 Å². The molecule has 0 atom stereocenters. The topological polar surface area (TPSA) is 74.6 Å². The number of methoxy groups -OCH3 is 2. The summed E-state index contributed by atoms with van der Waals surface area (Å²) in [5.41, 5.74) is 1.63. The molecular weight excluding hydrogens is 402 g/mol. The van der Waals surface area contributed by atoms with Crippen LogP contribution in [0.2, 0.25) is 0 Å². The molecule has 3 aromatic carbocycles. The molecule has 0 unspecified atom stereocenters. The molecule has 0 spiro atoms. The molecule has 152 valence electrons. The lowest BCUT2D eigenvalue weighted by Crippen LogP contribution is -2.15. The predicted molar refractivity (Wildman–Crippen MR) is 115 cm³/mol. The highest BCUT2D eigenvalue weighted by Gasteiger charge is 2.27. The number of hydrogen-bond donors (Lipinski definition) is 0. The highest BCUT2D eigenvalue weighted by Crippen LogP contribution is 2.39. The Labute approximate surface area is 174 Å². The van der Waals surface area contributed by atoms with Crippen LogP contribution in [0, 0.1) is 0 Å². The number of para-hydroxylation sites is 1. The van der Waals surface area contributed by atoms with Crippen LogP contribution in [0.3, 0.4) is 0 Å². The Hall–Kier alpha value is -3.58. The molecule has 1 aromatic heterocycles. The smallest absolute Gasteiger partial charge is 0.268 e. The Bertz CT molecular complexity index is 1340. The van der Waals surface area contributed by atoms with E-state index in [1.54, 1.807) is 60.7 Å². The maximum absolute atomic E-state index is 13.5. The number of rotatable bonds is 6. The van der Waals surface area contributed by atoms with Gasteiger partial charge in [0.05, 0.1) is 24.6 Å². The van der Waals surface area contributed by atoms with Crippen molar-refractivity contribution in [3.8, 4) is 22.6 Å². The number of carbonyl (C=O) groups excluding carboxylic acids is 1. The molecule has 0 saturated carbocycles. The number of hydrogen-bond acceptors (Lipinski definition) is 5. The van der Waals surface area contributed by atoms with Crippen molar-refractivity contribution >= 4 is 27.2 Å². The third-order valence-corrected chi connectivity index (χ3v) is 6.67. The van der Waals surface area contributed by atoms with Gasteiger partial charge in [0.15, 0.2) is 17.8 Å². The van der Waals surface area contributed by atoms with E-state index in [0.717, 1.165) is 3.97 Å². The molecule has 7 heteroatoms. The molecule has 0 fully saturated rings. The molecule has 0 N–H and O–H groups in total. The van der Waals surface area contributed by atoms with E-state index in [1.165, 1.54) is 26.4 Å². The van der Waals surface area contributed by atoms with E-state index in [2.05, 4.69) is 0 Å². The van der Waals surface area contributed by atoms with E-state index in [4.69, 9.17) is 9.47 Å². The Balaban J connectivity index is 2.08. The normalized spacial score (nSPS) is 11.4. The first-order chi connectivity index (χ1) is 14.5. The molecular formula is C23H19NO5S. The summed E-state index contributed by atoms with van der Waals surface area (Å²) in [6.45, 7) is 0. The van der Waals surface area contributed by atoms with Crippen LogP contribution in [0.25, 0.3) is 22.0 Å². The van der Waals surface area contributed by atoms with Crippen LogP contribution in [-0.2, 0) is 10.0 Å². The second-order valence-corrected chi connectivity index (χ2v) is 8.33. The maximum atomic E-state index is 13.5. The Morgan fingerprint density at radius 2 is 1.50 bits per heavy atom. The second-order valence-electron chi connectivity index (χ2n) is 6.55. The summed E-state index contributed by atoms with van der Waals surface area (Å²) >= 11 is 0. The number of aldehydes is 1. The summed E-state index contributed by atoms with van der Waals surface area (Å²) in [7, 11) is -0.941. The second kappa shape index (κ2) is 7.68. The molecule has 0 aliphatic carbocycles. The van der Waals surface area contributed by atoms with Crippen LogP contribution in [0.1, 0.15) is 10.5 Å². The summed E-state index contributed by atoms with van der Waals surface area (Å²) in [6, 6.07) is 20.3. The minimum atomic E-state index is -3.99. The lowest BCUT2D eigenvalue weighted by molar-refractivity contribution is 0.111. The quantitative estimate of drug-likeness (QED) is 0.432. The molecule has 0 aliphatic heterocycles. The summed E-state index contributed by atoms with van der Waals surface area (Å²) < 4.78 is 38.7. The van der Waals surface area contributed by atoms with E-state index >= 15 is 0 Å². The fourth-order valence-corrected chi connectivity index (χ4v) is 5.11. The summed E-state index contributed by atoms with van der Waals surface area (Å²) in [5, 5.41) is 0.645. The third kappa shape index (κ3) is 3.04. The first kappa shape index (κ1) is 19.7. The molecule has 4 aromatic rings. The molecule has 0 amide bonds. The van der Waals surface area contributed by atoms with Gasteiger partial charge in [0.1, 0.15) is 5.69 Å². The zero-order valence-electron chi connectivity index (χ0n) is 16.4. The van der Waals surface area contributed by atoms with Gasteiger partial charge in [-0.1, -0.05) is 42.5 Å². The van der Waals surface area contributed by atoms with Gasteiger partial charge in [-0.2, -0.15) is 0 Å². The molecule has 0 saturated heterocycles. The number of fused-ring (bicyclic) bond motifs is 1. The first-order valence-electron chi connectivity index (χ1n) is 9.14. The minimum Gasteiger partial charge on any atom is -0.493 e. The highest BCUT2D eigenvalue weighted by atomic mass is 32.2. The maximum Gasteiger partial charge on any atom is 0.268 e. The van der Waals surface area contributed by atoms with Crippen molar-refractivity contribution in [1.29, 1.82) is 0 Å². The number of benzene rings is 3. The SMILES string of the molecule is COc1ccc(-c2c(C=O)n(S(=O)(=O)c3ccccc3)c3ccccc23)cc1OC. The molecule has 4 rings (SSSR count). The van der Waals surface area contributed by atoms with Gasteiger partial charge in [0.2, 0.25) is 0 Å². The van der Waals surface area contributed by atoms with Crippen LogP contribution in [-0.4, -0.2) is 32.9 Å². The summed E-state index contributed by atoms with van der Waals surface area (Å²) in [5.74, 6) is 1.02. The van der Waals surface area contributed by atoms with Crippen molar-refractivity contribution in [2.75, 3.05) is 14.2 Å². The highest BCUT2D eigenvalue weighted by molar-refractivity contribution is 7.90. The van der Waals surface area contributed by atoms with Crippen LogP contribution >= 0.6 is 0 Å². The molecule has 0 radical (unpaired) electrons. The van der Waals surface area contributed by atoms with E-state index in [9.17, 15) is 13.2 Å². The molecule has 1 heterocycles. The third-order valence-electron chi connectivity index (χ3n) is 4.93. The fraction of sp³-hybridized carbons (Fsp3) is 0.0870. The number of carbonyl (C=O) groups is 1. The van der Waals surface area contributed by atoms with Crippen LogP contribution < -0.4 is 9.47 Å². The summed E-state index contributed by atoms with van der Waals surface area (Å²) in [6.07, 6.45) is 0.576. The van der Waals surface area contributed by atoms with Crippen molar-refractivity contribution in [2.24, 2.45) is 0 Å². The Morgan fingerprint density at radius 3 is 2.17 bits per heavy atom. The zero-order chi connectivity index (χ0) is 21.3. The fourth-order valence-electron chi connectivity index (χ4n) is 3.59. The number of aromatic nitrogens is 1. The van der Waals surface area contributed by atoms with Gasteiger partial charge in [0.25, 0.3) is 10.0 Å². The van der Waals surface area contributed by atoms with E-state index in [1.807, 2.05) is 0 Å². The Morgan fingerprint density at radius 1 is 0.833 bits per heavy atom. The van der Waals surface area contributed by atoms with E-state index < -0.39 is 10.0 Å². The standard InChI is InChI=1S/C23H19NO5S/c1-28-21-13-12-16(14-22(21)29-2)23-18-10-6-7-11-19(18)24(20(23)15-25)30(26,27)17-8-4-3-5-9-17/h3-15H,1-2H3. The molecule has 0 aliphatic rings. The zero-order valence-corrected chi connectivity index (χ0v) is 17.2. The van der Waals surface area contributed by atoms with Crippen molar-refractivity contribution in [3.05, 3.63) is 78.5 Å². The first-order valence-corrected chi connectivity index (χ1v) is 10.6. The molecule has 30 heavy (non-hydrogen) atoms. The van der Waals surface area contributed by atoms with Crippen molar-refractivity contribution < 1.29 is 22.7 Å². The van der Waals surface area contributed by atoms with Crippen LogP contribution in [0.4, 0.5) is 0 Å². The van der Waals surface area contributed by atoms with Gasteiger partial charge in [0, 0.05) is 10.9 Å². The number of nitrogens with zero attached hydrogens (tertiary/aromatic N) is 1. The summed E-state index contributed by atoms with van der Waals surface area (Å²) in [4.78, 5) is 12.3. The van der Waals surface area contributed by atoms with Crippen LogP contribution in [0.15, 0.2) is 77.7 Å². The van der Waals surface area contributed by atoms with Gasteiger partial charge < -0.3 is 9.47 Å². The average molecular weight is 421 g/mol. The lowest BCUT2D eigenvalue weighted by atomic mass is 10.0. The van der Waals surface area contributed by atoms with Crippen molar-refractivity contribution in [1.82, 2.24) is 3.97 Å². The van der Waals surface area contributed by atoms with E-state index in [-0.39, 0.29) is 10.6 Å². The van der Waals surface area contributed by atoms with Gasteiger partial charge in [-0.15, -0.1) is 0 Å². The van der Waals surface area contributed by atoms with Gasteiger partial charge in [-0.3, -0.25) is 4.79 Å². The van der Waals surface area contributed by atoms with Gasteiger partial charge in [-0.25, -0.2) is 12.4 Å². The van der Waals surface area contributed by atoms with Crippen molar-refractivity contribution in [3.63, 3.8) is 0 Å². The van der Waals surface area contributed by atoms with E-state index in [0.29, 0.717) is 39.8 Å².